The first-order valence-electron chi connectivity index (χ1n) is 3.98. The van der Waals surface area contributed by atoms with Crippen LogP contribution in [0.15, 0.2) is 18.2 Å². The molecule has 1 aromatic carbocycles. The van der Waals surface area contributed by atoms with E-state index in [9.17, 15) is 13.2 Å². The summed E-state index contributed by atoms with van der Waals surface area (Å²) in [5.41, 5.74) is -0.428. The quantitative estimate of drug-likeness (QED) is 0.804. The number of ether oxygens (including phenoxy) is 1. The molecule has 6 heteroatoms. The molecule has 0 fully saturated rings. The highest BCUT2D eigenvalue weighted by molar-refractivity contribution is 5.41. The Morgan fingerprint density at radius 3 is 2.40 bits per heavy atom. The van der Waals surface area contributed by atoms with E-state index in [-0.39, 0.29) is 11.5 Å². The summed E-state index contributed by atoms with van der Waals surface area (Å²) in [6, 6.07) is 3.02. The number of benzene rings is 1. The average molecular weight is 222 g/mol. The molecule has 0 aliphatic heterocycles. The molecule has 0 aliphatic rings. The van der Waals surface area contributed by atoms with Gasteiger partial charge < -0.3 is 14.9 Å². The Morgan fingerprint density at radius 2 is 1.93 bits per heavy atom. The van der Waals surface area contributed by atoms with Crippen molar-refractivity contribution < 1.29 is 28.1 Å². The molecule has 0 saturated heterocycles. The largest absolute Gasteiger partial charge is 0.508 e. The van der Waals surface area contributed by atoms with Gasteiger partial charge in [0.05, 0.1) is 7.11 Å². The Kier molecular flexibility index (Phi) is 3.09. The summed E-state index contributed by atoms with van der Waals surface area (Å²) in [5, 5.41) is 18.0. The third-order valence-electron chi connectivity index (χ3n) is 1.82. The molecule has 84 valence electrons. The van der Waals surface area contributed by atoms with Gasteiger partial charge in [-0.2, -0.15) is 13.2 Å². The van der Waals surface area contributed by atoms with Crippen molar-refractivity contribution in [2.24, 2.45) is 0 Å². The third-order valence-corrected chi connectivity index (χ3v) is 1.82. The summed E-state index contributed by atoms with van der Waals surface area (Å²) < 4.78 is 41.2. The third kappa shape index (κ3) is 2.53. The fourth-order valence-electron chi connectivity index (χ4n) is 1.10. The maximum atomic E-state index is 12.2. The summed E-state index contributed by atoms with van der Waals surface area (Å²) in [6.07, 6.45) is -7.38. The predicted octanol–water partition coefficient (Wildman–Crippen LogP) is 2.00. The minimum atomic E-state index is -4.76. The van der Waals surface area contributed by atoms with Gasteiger partial charge in [-0.1, -0.05) is 0 Å². The van der Waals surface area contributed by atoms with Crippen LogP contribution in [0.4, 0.5) is 13.2 Å². The molecule has 0 bridgehead atoms. The molecular formula is C9H9F3O3. The minimum Gasteiger partial charge on any atom is -0.508 e. The maximum Gasteiger partial charge on any atom is 0.418 e. The van der Waals surface area contributed by atoms with Gasteiger partial charge in [0, 0.05) is 11.6 Å². The van der Waals surface area contributed by atoms with Crippen molar-refractivity contribution >= 4 is 0 Å². The molecule has 15 heavy (non-hydrogen) atoms. The normalized spacial score (nSPS) is 13.7. The number of aliphatic hydroxyl groups is 1. The number of alkyl halides is 3. The Morgan fingerprint density at radius 1 is 1.33 bits per heavy atom. The molecule has 1 unspecified atom stereocenters. The molecule has 1 rings (SSSR count). The summed E-state index contributed by atoms with van der Waals surface area (Å²) in [7, 11) is 1.15. The number of methoxy groups -OCH3 is 1. The zero-order valence-electron chi connectivity index (χ0n) is 7.75. The zero-order chi connectivity index (χ0) is 11.6. The summed E-state index contributed by atoms with van der Waals surface area (Å²) in [5.74, 6) is -0.440. The van der Waals surface area contributed by atoms with Crippen LogP contribution >= 0.6 is 0 Å². The maximum absolute atomic E-state index is 12.2. The molecule has 0 aromatic heterocycles. The molecule has 2 N–H and O–H groups in total. The number of aromatic hydroxyl groups is 1. The Hall–Kier alpha value is -1.43. The number of aliphatic hydroxyl groups excluding tert-OH is 1. The lowest BCUT2D eigenvalue weighted by molar-refractivity contribution is -0.207. The Balaban J connectivity index is 3.14. The van der Waals surface area contributed by atoms with Crippen LogP contribution in [-0.2, 0) is 0 Å². The van der Waals surface area contributed by atoms with E-state index in [1.165, 1.54) is 0 Å². The highest BCUT2D eigenvalue weighted by Crippen LogP contribution is 2.38. The van der Waals surface area contributed by atoms with Crippen molar-refractivity contribution in [1.29, 1.82) is 0 Å². The first-order valence-corrected chi connectivity index (χ1v) is 3.98. The fourth-order valence-corrected chi connectivity index (χ4v) is 1.10. The lowest BCUT2D eigenvalue weighted by atomic mass is 10.1. The van der Waals surface area contributed by atoms with Crippen molar-refractivity contribution in [2.75, 3.05) is 7.11 Å². The van der Waals surface area contributed by atoms with E-state index in [1.807, 2.05) is 0 Å². The molecule has 0 saturated carbocycles. The SMILES string of the molecule is COc1cc(O)ccc1C(O)C(F)(F)F. The highest BCUT2D eigenvalue weighted by Gasteiger charge is 2.40. The molecule has 3 nitrogen and oxygen atoms in total. The van der Waals surface area contributed by atoms with E-state index < -0.39 is 17.8 Å². The molecule has 1 atom stereocenters. The number of halogens is 3. The Labute approximate surface area is 83.7 Å². The average Bonchev–Trinajstić information content (AvgIpc) is 2.15. The van der Waals surface area contributed by atoms with Crippen LogP contribution < -0.4 is 4.74 Å². The van der Waals surface area contributed by atoms with Crippen LogP contribution in [0.1, 0.15) is 11.7 Å². The number of rotatable bonds is 2. The van der Waals surface area contributed by atoms with Crippen LogP contribution in [-0.4, -0.2) is 23.5 Å². The van der Waals surface area contributed by atoms with Crippen molar-refractivity contribution in [3.8, 4) is 11.5 Å². The zero-order valence-corrected chi connectivity index (χ0v) is 7.75. The second-order valence-electron chi connectivity index (χ2n) is 2.87. The van der Waals surface area contributed by atoms with Crippen LogP contribution in [0.2, 0.25) is 0 Å². The van der Waals surface area contributed by atoms with Gasteiger partial charge in [0.25, 0.3) is 0 Å². The molecule has 0 heterocycles. The van der Waals surface area contributed by atoms with E-state index in [1.54, 1.807) is 0 Å². The standard InChI is InChI=1S/C9H9F3O3/c1-15-7-4-5(13)2-3-6(7)8(14)9(10,11)12/h2-4,8,13-14H,1H3. The molecular weight excluding hydrogens is 213 g/mol. The van der Waals surface area contributed by atoms with Gasteiger partial charge in [0.15, 0.2) is 6.10 Å². The molecule has 0 radical (unpaired) electrons. The van der Waals surface area contributed by atoms with Gasteiger partial charge in [-0.3, -0.25) is 0 Å². The van der Waals surface area contributed by atoms with Gasteiger partial charge in [-0.05, 0) is 12.1 Å². The van der Waals surface area contributed by atoms with E-state index in [0.717, 1.165) is 25.3 Å². The molecule has 0 spiro atoms. The van der Waals surface area contributed by atoms with Gasteiger partial charge in [0.2, 0.25) is 0 Å². The second-order valence-corrected chi connectivity index (χ2v) is 2.87. The summed E-state index contributed by atoms with van der Waals surface area (Å²) in [4.78, 5) is 0. The van der Waals surface area contributed by atoms with Crippen molar-refractivity contribution in [3.63, 3.8) is 0 Å². The fraction of sp³-hybridized carbons (Fsp3) is 0.333. The van der Waals surface area contributed by atoms with E-state index >= 15 is 0 Å². The molecule has 1 aromatic rings. The van der Waals surface area contributed by atoms with Crippen LogP contribution in [0.3, 0.4) is 0 Å². The van der Waals surface area contributed by atoms with Gasteiger partial charge in [-0.25, -0.2) is 0 Å². The van der Waals surface area contributed by atoms with Crippen LogP contribution in [0.5, 0.6) is 11.5 Å². The van der Waals surface area contributed by atoms with Crippen molar-refractivity contribution in [2.45, 2.75) is 12.3 Å². The van der Waals surface area contributed by atoms with E-state index in [2.05, 4.69) is 4.74 Å². The van der Waals surface area contributed by atoms with E-state index in [0.29, 0.717) is 0 Å². The number of phenols is 1. The summed E-state index contributed by atoms with van der Waals surface area (Å²) >= 11 is 0. The lowest BCUT2D eigenvalue weighted by Gasteiger charge is -2.17. The smallest absolute Gasteiger partial charge is 0.418 e. The Bertz CT molecular complexity index is 349. The second kappa shape index (κ2) is 3.98. The van der Waals surface area contributed by atoms with Gasteiger partial charge in [-0.15, -0.1) is 0 Å². The topological polar surface area (TPSA) is 49.7 Å². The van der Waals surface area contributed by atoms with Crippen molar-refractivity contribution in [1.82, 2.24) is 0 Å². The minimum absolute atomic E-state index is 0.208. The number of hydrogen-bond acceptors (Lipinski definition) is 3. The van der Waals surface area contributed by atoms with Crippen molar-refractivity contribution in [3.05, 3.63) is 23.8 Å². The number of hydrogen-bond donors (Lipinski definition) is 2. The monoisotopic (exact) mass is 222 g/mol. The predicted molar refractivity (Wildman–Crippen MR) is 45.7 cm³/mol. The van der Waals surface area contributed by atoms with Gasteiger partial charge >= 0.3 is 6.18 Å². The van der Waals surface area contributed by atoms with Crippen LogP contribution in [0.25, 0.3) is 0 Å². The first-order chi connectivity index (χ1) is 6.86. The molecule has 0 aliphatic carbocycles. The molecule has 0 amide bonds. The highest BCUT2D eigenvalue weighted by atomic mass is 19.4. The van der Waals surface area contributed by atoms with Crippen LogP contribution in [0, 0.1) is 0 Å². The van der Waals surface area contributed by atoms with E-state index in [4.69, 9.17) is 10.2 Å². The van der Waals surface area contributed by atoms with Gasteiger partial charge in [0.1, 0.15) is 11.5 Å². The summed E-state index contributed by atoms with van der Waals surface area (Å²) in [6.45, 7) is 0. The first kappa shape index (κ1) is 11.6. The number of phenolic OH excluding ortho intramolecular Hbond substituents is 1. The lowest BCUT2D eigenvalue weighted by Crippen LogP contribution is -2.20.